The molecule has 3 heterocycles. The second-order valence-corrected chi connectivity index (χ2v) is 9.77. The van der Waals surface area contributed by atoms with Crippen LogP contribution in [0.1, 0.15) is 5.56 Å². The molecule has 3 aromatic carbocycles. The quantitative estimate of drug-likeness (QED) is 0.276. The summed E-state index contributed by atoms with van der Waals surface area (Å²) < 4.78 is 11.3. The number of nitrogens with one attached hydrogen (secondary N) is 3. The van der Waals surface area contributed by atoms with Crippen molar-refractivity contribution in [1.82, 2.24) is 20.1 Å². The lowest BCUT2D eigenvalue weighted by molar-refractivity contribution is -0.117. The number of ether oxygens (including phenoxy) is 2. The second kappa shape index (κ2) is 11.1. The first-order valence-electron chi connectivity index (χ1n) is 13.2. The average molecular weight is 539 g/mol. The van der Waals surface area contributed by atoms with Gasteiger partial charge in [-0.05, 0) is 35.9 Å². The lowest BCUT2D eigenvalue weighted by Gasteiger charge is -2.35. The van der Waals surface area contributed by atoms with E-state index >= 15 is 0 Å². The molecule has 0 spiro atoms. The number of H-pyrrole nitrogens is 2. The number of nitrogens with zero attached hydrogens (tertiary/aromatic N) is 3. The predicted molar refractivity (Wildman–Crippen MR) is 155 cm³/mol. The standard InChI is InChI=1S/C30H30N6O4/c1-39-22-9-5-8-21(16-22)36-14-12-35(13-15-36)18-26(37)32-29-27-24-17-23(40-19-20-6-3-2-4-7-20)10-11-25(24)31-28(27)30(38)34-33-29/h2-11,16-17,31H,12-15,18-19H2,1H3,(H,34,38)(H,32,33,37). The monoisotopic (exact) mass is 538 g/mol. The third-order valence-corrected chi connectivity index (χ3v) is 7.17. The zero-order valence-corrected chi connectivity index (χ0v) is 22.1. The van der Waals surface area contributed by atoms with E-state index in [2.05, 4.69) is 36.4 Å². The van der Waals surface area contributed by atoms with E-state index in [1.807, 2.05) is 66.7 Å². The van der Waals surface area contributed by atoms with Crippen molar-refractivity contribution in [3.8, 4) is 11.5 Å². The minimum Gasteiger partial charge on any atom is -0.497 e. The number of hydrogen-bond donors (Lipinski definition) is 3. The summed E-state index contributed by atoms with van der Waals surface area (Å²) >= 11 is 0. The van der Waals surface area contributed by atoms with Crippen LogP contribution in [-0.4, -0.2) is 65.8 Å². The highest BCUT2D eigenvalue weighted by Gasteiger charge is 2.21. The molecule has 40 heavy (non-hydrogen) atoms. The summed E-state index contributed by atoms with van der Waals surface area (Å²) in [4.78, 5) is 33.2. The van der Waals surface area contributed by atoms with Crippen molar-refractivity contribution < 1.29 is 14.3 Å². The summed E-state index contributed by atoms with van der Waals surface area (Å²) in [5.74, 6) is 1.59. The number of hydrogen-bond acceptors (Lipinski definition) is 7. The molecule has 1 fully saturated rings. The number of aromatic amines is 2. The zero-order valence-electron chi connectivity index (χ0n) is 22.1. The Morgan fingerprint density at radius 2 is 1.80 bits per heavy atom. The Balaban J connectivity index is 1.16. The first-order chi connectivity index (χ1) is 19.6. The Bertz CT molecular complexity index is 1710. The molecule has 6 rings (SSSR count). The molecule has 0 unspecified atom stereocenters. The lowest BCUT2D eigenvalue weighted by Crippen LogP contribution is -2.48. The van der Waals surface area contributed by atoms with Gasteiger partial charge in [0.25, 0.3) is 5.56 Å². The number of carbonyl (C=O) groups excluding carboxylic acids is 1. The molecule has 0 atom stereocenters. The third kappa shape index (κ3) is 5.34. The smallest absolute Gasteiger partial charge is 0.288 e. The van der Waals surface area contributed by atoms with Gasteiger partial charge < -0.3 is 24.7 Å². The van der Waals surface area contributed by atoms with Crippen LogP contribution in [0.5, 0.6) is 11.5 Å². The van der Waals surface area contributed by atoms with Crippen LogP contribution in [-0.2, 0) is 11.4 Å². The number of amides is 1. The summed E-state index contributed by atoms with van der Waals surface area (Å²) in [5, 5.41) is 10.9. The van der Waals surface area contributed by atoms with E-state index in [-0.39, 0.29) is 18.0 Å². The number of aromatic nitrogens is 3. The van der Waals surface area contributed by atoms with Crippen molar-refractivity contribution in [2.24, 2.45) is 0 Å². The summed E-state index contributed by atoms with van der Waals surface area (Å²) in [6, 6.07) is 23.5. The summed E-state index contributed by atoms with van der Waals surface area (Å²) in [5.41, 5.74) is 2.91. The fraction of sp³-hybridized carbons (Fsp3) is 0.233. The van der Waals surface area contributed by atoms with Crippen LogP contribution in [0.15, 0.2) is 77.6 Å². The molecule has 1 aliphatic heterocycles. The maximum atomic E-state index is 13.1. The van der Waals surface area contributed by atoms with Crippen molar-refractivity contribution >= 4 is 39.2 Å². The summed E-state index contributed by atoms with van der Waals surface area (Å²) in [6.07, 6.45) is 0. The molecular weight excluding hydrogens is 508 g/mol. The van der Waals surface area contributed by atoms with Gasteiger partial charge in [0.1, 0.15) is 23.6 Å². The van der Waals surface area contributed by atoms with Crippen LogP contribution in [0, 0.1) is 0 Å². The molecular formula is C30H30N6O4. The number of carbonyl (C=O) groups is 1. The zero-order chi connectivity index (χ0) is 27.5. The molecule has 0 saturated carbocycles. The molecule has 0 aliphatic carbocycles. The van der Waals surface area contributed by atoms with Crippen molar-refractivity contribution in [1.29, 1.82) is 0 Å². The topological polar surface area (TPSA) is 116 Å². The molecule has 0 bridgehead atoms. The van der Waals surface area contributed by atoms with E-state index in [4.69, 9.17) is 9.47 Å². The van der Waals surface area contributed by atoms with Gasteiger partial charge in [-0.25, -0.2) is 5.10 Å². The SMILES string of the molecule is COc1cccc(N2CCN(CC(=O)Nc3n[nH]c(=O)c4[nH]c5ccc(OCc6ccccc6)cc5c34)CC2)c1. The second-order valence-electron chi connectivity index (χ2n) is 9.77. The minimum absolute atomic E-state index is 0.193. The van der Waals surface area contributed by atoms with Crippen LogP contribution in [0.4, 0.5) is 11.5 Å². The summed E-state index contributed by atoms with van der Waals surface area (Å²) in [6.45, 7) is 3.73. The van der Waals surface area contributed by atoms with Gasteiger partial charge in [0.15, 0.2) is 5.82 Å². The predicted octanol–water partition coefficient (Wildman–Crippen LogP) is 3.75. The Labute approximate surface area is 230 Å². The molecule has 1 aliphatic rings. The molecule has 1 saturated heterocycles. The van der Waals surface area contributed by atoms with Gasteiger partial charge in [0, 0.05) is 48.8 Å². The van der Waals surface area contributed by atoms with Gasteiger partial charge in [-0.1, -0.05) is 36.4 Å². The molecule has 0 radical (unpaired) electrons. The third-order valence-electron chi connectivity index (χ3n) is 7.17. The van der Waals surface area contributed by atoms with Crippen molar-refractivity contribution in [3.05, 3.63) is 88.7 Å². The maximum Gasteiger partial charge on any atom is 0.288 e. The molecule has 204 valence electrons. The van der Waals surface area contributed by atoms with E-state index in [9.17, 15) is 9.59 Å². The minimum atomic E-state index is -0.357. The van der Waals surface area contributed by atoms with Crippen molar-refractivity contribution in [3.63, 3.8) is 0 Å². The van der Waals surface area contributed by atoms with Gasteiger partial charge in [0.2, 0.25) is 5.91 Å². The molecule has 5 aromatic rings. The number of anilines is 2. The molecule has 1 amide bonds. The fourth-order valence-corrected chi connectivity index (χ4v) is 5.07. The highest BCUT2D eigenvalue weighted by atomic mass is 16.5. The van der Waals surface area contributed by atoms with Crippen LogP contribution in [0.25, 0.3) is 21.8 Å². The molecule has 3 N–H and O–H groups in total. The number of benzene rings is 3. The van der Waals surface area contributed by atoms with E-state index in [1.54, 1.807) is 7.11 Å². The number of piperazine rings is 1. The van der Waals surface area contributed by atoms with Gasteiger partial charge in [-0.2, -0.15) is 5.10 Å². The van der Waals surface area contributed by atoms with Gasteiger partial charge in [0.05, 0.1) is 19.0 Å². The normalized spacial score (nSPS) is 14.0. The summed E-state index contributed by atoms with van der Waals surface area (Å²) in [7, 11) is 1.66. The molecule has 2 aromatic heterocycles. The Morgan fingerprint density at radius 1 is 0.975 bits per heavy atom. The average Bonchev–Trinajstić information content (AvgIpc) is 3.38. The van der Waals surface area contributed by atoms with Crippen molar-refractivity contribution in [2.45, 2.75) is 6.61 Å². The Morgan fingerprint density at radius 3 is 2.60 bits per heavy atom. The largest absolute Gasteiger partial charge is 0.497 e. The molecule has 10 nitrogen and oxygen atoms in total. The maximum absolute atomic E-state index is 13.1. The van der Waals surface area contributed by atoms with Crippen LogP contribution >= 0.6 is 0 Å². The first kappa shape index (κ1) is 25.4. The van der Waals surface area contributed by atoms with Crippen molar-refractivity contribution in [2.75, 3.05) is 50.1 Å². The number of fused-ring (bicyclic) bond motifs is 3. The number of rotatable bonds is 8. The van der Waals surface area contributed by atoms with Gasteiger partial charge in [-0.15, -0.1) is 0 Å². The lowest BCUT2D eigenvalue weighted by atomic mass is 10.2. The van der Waals surface area contributed by atoms with E-state index < -0.39 is 0 Å². The van der Waals surface area contributed by atoms with E-state index in [1.165, 1.54) is 0 Å². The van der Waals surface area contributed by atoms with E-state index in [0.29, 0.717) is 29.1 Å². The highest BCUT2D eigenvalue weighted by molar-refractivity contribution is 6.14. The number of methoxy groups -OCH3 is 1. The van der Waals surface area contributed by atoms with Crippen LogP contribution < -0.4 is 25.2 Å². The first-order valence-corrected chi connectivity index (χ1v) is 13.2. The fourth-order valence-electron chi connectivity index (χ4n) is 5.07. The van der Waals surface area contributed by atoms with Gasteiger partial charge >= 0.3 is 0 Å². The highest BCUT2D eigenvalue weighted by Crippen LogP contribution is 2.31. The molecule has 10 heteroatoms. The Kier molecular flexibility index (Phi) is 7.07. The van der Waals surface area contributed by atoms with E-state index in [0.717, 1.165) is 54.1 Å². The van der Waals surface area contributed by atoms with Gasteiger partial charge in [-0.3, -0.25) is 14.5 Å². The van der Waals surface area contributed by atoms with Crippen LogP contribution in [0.2, 0.25) is 0 Å². The Hall–Kier alpha value is -4.83. The van der Waals surface area contributed by atoms with Crippen LogP contribution in [0.3, 0.4) is 0 Å².